The second-order valence-electron chi connectivity index (χ2n) is 4.84. The highest BCUT2D eigenvalue weighted by atomic mass is 16.3. The highest BCUT2D eigenvalue weighted by Gasteiger charge is 2.32. The van der Waals surface area contributed by atoms with Crippen molar-refractivity contribution in [2.45, 2.75) is 37.7 Å². The molecule has 1 unspecified atom stereocenters. The second kappa shape index (κ2) is 4.60. The molecule has 0 aliphatic carbocycles. The van der Waals surface area contributed by atoms with Crippen molar-refractivity contribution < 1.29 is 5.11 Å². The van der Waals surface area contributed by atoms with E-state index in [0.29, 0.717) is 0 Å². The SMILES string of the molecule is OC1(CN2CCCCCC2)CCNC1. The summed E-state index contributed by atoms with van der Waals surface area (Å²) in [6.07, 6.45) is 6.27. The van der Waals surface area contributed by atoms with Crippen molar-refractivity contribution in [3.05, 3.63) is 0 Å². The number of likely N-dealkylation sites (tertiary alicyclic amines) is 1. The van der Waals surface area contributed by atoms with Crippen LogP contribution in [0.2, 0.25) is 0 Å². The lowest BCUT2D eigenvalue weighted by Crippen LogP contribution is -2.45. The molecule has 3 heteroatoms. The predicted molar refractivity (Wildman–Crippen MR) is 57.3 cm³/mol. The third-order valence-corrected chi connectivity index (χ3v) is 3.44. The second-order valence-corrected chi connectivity index (χ2v) is 4.84. The summed E-state index contributed by atoms with van der Waals surface area (Å²) in [5.41, 5.74) is -0.440. The number of aliphatic hydroxyl groups is 1. The number of hydrogen-bond acceptors (Lipinski definition) is 3. The van der Waals surface area contributed by atoms with Crippen LogP contribution < -0.4 is 5.32 Å². The molecule has 2 saturated heterocycles. The van der Waals surface area contributed by atoms with Gasteiger partial charge in [0.05, 0.1) is 5.60 Å². The van der Waals surface area contributed by atoms with Crippen LogP contribution in [0.1, 0.15) is 32.1 Å². The van der Waals surface area contributed by atoms with Gasteiger partial charge in [-0.2, -0.15) is 0 Å². The van der Waals surface area contributed by atoms with Gasteiger partial charge in [-0.05, 0) is 38.9 Å². The lowest BCUT2D eigenvalue weighted by Gasteiger charge is -2.29. The van der Waals surface area contributed by atoms with Gasteiger partial charge in [-0.1, -0.05) is 12.8 Å². The zero-order chi connectivity index (χ0) is 9.86. The van der Waals surface area contributed by atoms with Gasteiger partial charge >= 0.3 is 0 Å². The fraction of sp³-hybridized carbons (Fsp3) is 1.00. The summed E-state index contributed by atoms with van der Waals surface area (Å²) < 4.78 is 0. The standard InChI is InChI=1S/C11H22N2O/c14-11(5-6-12-9-11)10-13-7-3-1-2-4-8-13/h12,14H,1-10H2. The Bertz CT molecular complexity index is 170. The van der Waals surface area contributed by atoms with Crippen LogP contribution in [-0.4, -0.2) is 48.3 Å². The van der Waals surface area contributed by atoms with Crippen LogP contribution in [0.25, 0.3) is 0 Å². The Morgan fingerprint density at radius 2 is 1.86 bits per heavy atom. The van der Waals surface area contributed by atoms with Crippen LogP contribution in [0, 0.1) is 0 Å². The maximum atomic E-state index is 10.2. The van der Waals surface area contributed by atoms with Gasteiger partial charge in [-0.15, -0.1) is 0 Å². The van der Waals surface area contributed by atoms with Crippen LogP contribution in [0.5, 0.6) is 0 Å². The Hall–Kier alpha value is -0.120. The molecule has 2 rings (SSSR count). The number of nitrogens with zero attached hydrogens (tertiary/aromatic N) is 1. The first-order chi connectivity index (χ1) is 6.79. The predicted octanol–water partition coefficient (Wildman–Crippen LogP) is 0.587. The van der Waals surface area contributed by atoms with E-state index < -0.39 is 5.60 Å². The average Bonchev–Trinajstić information content (AvgIpc) is 2.43. The van der Waals surface area contributed by atoms with E-state index in [2.05, 4.69) is 10.2 Å². The van der Waals surface area contributed by atoms with Gasteiger partial charge in [-0.25, -0.2) is 0 Å². The highest BCUT2D eigenvalue weighted by molar-refractivity contribution is 4.90. The van der Waals surface area contributed by atoms with Crippen molar-refractivity contribution in [2.75, 3.05) is 32.7 Å². The first-order valence-electron chi connectivity index (χ1n) is 5.94. The molecule has 14 heavy (non-hydrogen) atoms. The van der Waals surface area contributed by atoms with Crippen molar-refractivity contribution in [1.82, 2.24) is 10.2 Å². The van der Waals surface area contributed by atoms with Gasteiger partial charge in [0.15, 0.2) is 0 Å². The van der Waals surface area contributed by atoms with E-state index in [0.717, 1.165) is 26.1 Å². The Morgan fingerprint density at radius 3 is 2.43 bits per heavy atom. The molecule has 0 spiro atoms. The first kappa shape index (κ1) is 10.4. The zero-order valence-electron chi connectivity index (χ0n) is 8.97. The van der Waals surface area contributed by atoms with E-state index >= 15 is 0 Å². The maximum absolute atomic E-state index is 10.2. The van der Waals surface area contributed by atoms with Crippen molar-refractivity contribution in [1.29, 1.82) is 0 Å². The summed E-state index contributed by atoms with van der Waals surface area (Å²) in [7, 11) is 0. The molecule has 2 fully saturated rings. The van der Waals surface area contributed by atoms with Crippen molar-refractivity contribution in [2.24, 2.45) is 0 Å². The van der Waals surface area contributed by atoms with Crippen molar-refractivity contribution in [3.8, 4) is 0 Å². The number of β-amino-alcohol motifs (C(OH)–C–C–N with tert-alkyl or cyclic N) is 1. The topological polar surface area (TPSA) is 35.5 Å². The molecule has 2 aliphatic heterocycles. The maximum Gasteiger partial charge on any atom is 0.0909 e. The lowest BCUT2D eigenvalue weighted by molar-refractivity contribution is 0.0218. The van der Waals surface area contributed by atoms with Crippen molar-refractivity contribution in [3.63, 3.8) is 0 Å². The molecule has 82 valence electrons. The summed E-state index contributed by atoms with van der Waals surface area (Å²) in [6.45, 7) is 5.00. The minimum absolute atomic E-state index is 0.440. The van der Waals surface area contributed by atoms with Crippen LogP contribution in [0.4, 0.5) is 0 Å². The van der Waals surface area contributed by atoms with Crippen LogP contribution in [0.3, 0.4) is 0 Å². The molecule has 3 nitrogen and oxygen atoms in total. The number of hydrogen-bond donors (Lipinski definition) is 2. The normalized spacial score (nSPS) is 35.8. The van der Waals surface area contributed by atoms with E-state index in [-0.39, 0.29) is 0 Å². The Morgan fingerprint density at radius 1 is 1.14 bits per heavy atom. The van der Waals surface area contributed by atoms with E-state index in [4.69, 9.17) is 0 Å². The summed E-state index contributed by atoms with van der Waals surface area (Å²) in [4.78, 5) is 2.44. The molecular formula is C11H22N2O. The van der Waals surface area contributed by atoms with E-state index in [1.807, 2.05) is 0 Å². The fourth-order valence-corrected chi connectivity index (χ4v) is 2.58. The zero-order valence-corrected chi connectivity index (χ0v) is 8.97. The molecule has 2 heterocycles. The molecule has 0 amide bonds. The highest BCUT2D eigenvalue weighted by Crippen LogP contribution is 2.18. The van der Waals surface area contributed by atoms with Gasteiger partial charge in [0.1, 0.15) is 0 Å². The summed E-state index contributed by atoms with van der Waals surface area (Å²) >= 11 is 0. The van der Waals surface area contributed by atoms with Crippen LogP contribution in [0.15, 0.2) is 0 Å². The molecule has 2 N–H and O–H groups in total. The van der Waals surface area contributed by atoms with Gasteiger partial charge in [-0.3, -0.25) is 0 Å². The summed E-state index contributed by atoms with van der Waals surface area (Å²) in [5.74, 6) is 0. The smallest absolute Gasteiger partial charge is 0.0909 e. The molecule has 0 aromatic heterocycles. The molecule has 0 aromatic rings. The molecule has 2 aliphatic rings. The van der Waals surface area contributed by atoms with Gasteiger partial charge in [0, 0.05) is 13.1 Å². The summed E-state index contributed by atoms with van der Waals surface area (Å²) in [6, 6.07) is 0. The molecule has 0 bridgehead atoms. The fourth-order valence-electron chi connectivity index (χ4n) is 2.58. The number of rotatable bonds is 2. The van der Waals surface area contributed by atoms with E-state index in [9.17, 15) is 5.11 Å². The minimum atomic E-state index is -0.440. The lowest BCUT2D eigenvalue weighted by atomic mass is 10.0. The quantitative estimate of drug-likeness (QED) is 0.681. The molecule has 0 radical (unpaired) electrons. The Kier molecular flexibility index (Phi) is 3.42. The Labute approximate surface area is 86.5 Å². The third-order valence-electron chi connectivity index (χ3n) is 3.44. The molecule has 1 atom stereocenters. The average molecular weight is 198 g/mol. The molecule has 0 aromatic carbocycles. The third kappa shape index (κ3) is 2.69. The Balaban J connectivity index is 1.82. The van der Waals surface area contributed by atoms with Crippen LogP contribution in [-0.2, 0) is 0 Å². The largest absolute Gasteiger partial charge is 0.387 e. The first-order valence-corrected chi connectivity index (χ1v) is 5.94. The van der Waals surface area contributed by atoms with Crippen molar-refractivity contribution >= 4 is 0 Å². The van der Waals surface area contributed by atoms with Gasteiger partial charge in [0.2, 0.25) is 0 Å². The van der Waals surface area contributed by atoms with Crippen LogP contribution >= 0.6 is 0 Å². The minimum Gasteiger partial charge on any atom is -0.387 e. The monoisotopic (exact) mass is 198 g/mol. The summed E-state index contributed by atoms with van der Waals surface area (Å²) in [5, 5.41) is 13.5. The molecule has 0 saturated carbocycles. The van der Waals surface area contributed by atoms with E-state index in [1.54, 1.807) is 0 Å². The van der Waals surface area contributed by atoms with Gasteiger partial charge in [0.25, 0.3) is 0 Å². The van der Waals surface area contributed by atoms with Gasteiger partial charge < -0.3 is 15.3 Å². The molecular weight excluding hydrogens is 176 g/mol. The number of nitrogens with one attached hydrogen (secondary N) is 1. The van der Waals surface area contributed by atoms with E-state index in [1.165, 1.54) is 38.8 Å².